The van der Waals surface area contributed by atoms with Crippen molar-refractivity contribution in [2.24, 2.45) is 11.8 Å². The molecule has 0 spiro atoms. The first-order valence-electron chi connectivity index (χ1n) is 8.83. The molecule has 0 bridgehead atoms. The van der Waals surface area contributed by atoms with E-state index in [2.05, 4.69) is 48.3 Å². The molecule has 2 unspecified atom stereocenters. The summed E-state index contributed by atoms with van der Waals surface area (Å²) in [5.41, 5.74) is 2.77. The lowest BCUT2D eigenvalue weighted by atomic mass is 9.80. The van der Waals surface area contributed by atoms with Crippen LogP contribution in [0.1, 0.15) is 52.4 Å². The Morgan fingerprint density at radius 1 is 0.905 bits per heavy atom. The molecule has 2 atom stereocenters. The Labute approximate surface area is 129 Å². The van der Waals surface area contributed by atoms with Crippen LogP contribution in [0.3, 0.4) is 0 Å². The van der Waals surface area contributed by atoms with Crippen LogP contribution in [-0.2, 0) is 0 Å². The number of rotatable bonds is 3. The molecule has 1 aliphatic carbocycles. The highest BCUT2D eigenvalue weighted by molar-refractivity contribution is 5.70. The molecular formula is C19H30N2. The van der Waals surface area contributed by atoms with Crippen LogP contribution < -0.4 is 10.2 Å². The first kappa shape index (κ1) is 14.7. The number of hydrogen-bond acceptors (Lipinski definition) is 2. The molecule has 116 valence electrons. The molecule has 1 aromatic carbocycles. The summed E-state index contributed by atoms with van der Waals surface area (Å²) in [5.74, 6) is 1.71. The number of anilines is 2. The van der Waals surface area contributed by atoms with Gasteiger partial charge in [-0.05, 0) is 62.5 Å². The van der Waals surface area contributed by atoms with E-state index in [1.54, 1.807) is 0 Å². The highest BCUT2D eigenvalue weighted by atomic mass is 15.2. The lowest BCUT2D eigenvalue weighted by molar-refractivity contribution is 0.281. The van der Waals surface area contributed by atoms with Gasteiger partial charge in [0.2, 0.25) is 0 Å². The summed E-state index contributed by atoms with van der Waals surface area (Å²) < 4.78 is 0. The van der Waals surface area contributed by atoms with Crippen LogP contribution in [0.2, 0.25) is 0 Å². The van der Waals surface area contributed by atoms with E-state index < -0.39 is 0 Å². The Balaban J connectivity index is 1.72. The molecule has 2 aliphatic rings. The maximum absolute atomic E-state index is 3.87. The average molecular weight is 286 g/mol. The van der Waals surface area contributed by atoms with Crippen molar-refractivity contribution < 1.29 is 0 Å². The summed E-state index contributed by atoms with van der Waals surface area (Å²) in [7, 11) is 0. The first-order valence-corrected chi connectivity index (χ1v) is 8.83. The minimum Gasteiger partial charge on any atom is -0.381 e. The zero-order valence-electron chi connectivity index (χ0n) is 13.6. The van der Waals surface area contributed by atoms with Gasteiger partial charge in [-0.3, -0.25) is 0 Å². The van der Waals surface area contributed by atoms with E-state index in [4.69, 9.17) is 0 Å². The van der Waals surface area contributed by atoms with Crippen molar-refractivity contribution in [1.29, 1.82) is 0 Å². The summed E-state index contributed by atoms with van der Waals surface area (Å²) >= 11 is 0. The number of para-hydroxylation sites is 2. The van der Waals surface area contributed by atoms with Crippen LogP contribution >= 0.6 is 0 Å². The van der Waals surface area contributed by atoms with Gasteiger partial charge >= 0.3 is 0 Å². The van der Waals surface area contributed by atoms with Crippen molar-refractivity contribution >= 4 is 11.4 Å². The van der Waals surface area contributed by atoms with Gasteiger partial charge < -0.3 is 10.2 Å². The number of nitrogens with one attached hydrogen (secondary N) is 1. The molecule has 0 radical (unpaired) electrons. The van der Waals surface area contributed by atoms with Crippen molar-refractivity contribution in [3.05, 3.63) is 24.3 Å². The third kappa shape index (κ3) is 3.72. The number of nitrogens with zero attached hydrogens (tertiary/aromatic N) is 1. The number of benzene rings is 1. The second-order valence-electron chi connectivity index (χ2n) is 7.32. The second-order valence-corrected chi connectivity index (χ2v) is 7.32. The van der Waals surface area contributed by atoms with E-state index >= 15 is 0 Å². The molecule has 0 amide bonds. The zero-order valence-corrected chi connectivity index (χ0v) is 13.6. The van der Waals surface area contributed by atoms with Crippen LogP contribution in [0.25, 0.3) is 0 Å². The van der Waals surface area contributed by atoms with Crippen LogP contribution in [0.15, 0.2) is 24.3 Å². The molecule has 2 fully saturated rings. The Hall–Kier alpha value is -1.18. The monoisotopic (exact) mass is 286 g/mol. The SMILES string of the molecule is CC1CC(C)CC(Nc2ccccc2N2CCCCC2)C1. The van der Waals surface area contributed by atoms with Gasteiger partial charge in [0.25, 0.3) is 0 Å². The fourth-order valence-corrected chi connectivity index (χ4v) is 4.29. The van der Waals surface area contributed by atoms with E-state index in [1.165, 1.54) is 63.0 Å². The minimum absolute atomic E-state index is 0.648. The summed E-state index contributed by atoms with van der Waals surface area (Å²) in [4.78, 5) is 2.57. The van der Waals surface area contributed by atoms with E-state index in [9.17, 15) is 0 Å². The maximum atomic E-state index is 3.87. The van der Waals surface area contributed by atoms with Crippen LogP contribution in [0.5, 0.6) is 0 Å². The average Bonchev–Trinajstić information content (AvgIpc) is 2.48. The molecular weight excluding hydrogens is 256 g/mol. The van der Waals surface area contributed by atoms with Crippen LogP contribution in [-0.4, -0.2) is 19.1 Å². The van der Waals surface area contributed by atoms with Gasteiger partial charge in [-0.2, -0.15) is 0 Å². The molecule has 1 aromatic rings. The molecule has 1 N–H and O–H groups in total. The van der Waals surface area contributed by atoms with Gasteiger partial charge in [-0.1, -0.05) is 26.0 Å². The predicted molar refractivity (Wildman–Crippen MR) is 92.1 cm³/mol. The summed E-state index contributed by atoms with van der Waals surface area (Å²) in [6.45, 7) is 7.24. The highest BCUT2D eigenvalue weighted by Crippen LogP contribution is 2.34. The molecule has 1 heterocycles. The molecule has 2 heteroatoms. The maximum Gasteiger partial charge on any atom is 0.0602 e. The van der Waals surface area contributed by atoms with Crippen LogP contribution in [0, 0.1) is 11.8 Å². The van der Waals surface area contributed by atoms with E-state index in [1.807, 2.05) is 0 Å². The fraction of sp³-hybridized carbons (Fsp3) is 0.684. The van der Waals surface area contributed by atoms with Gasteiger partial charge in [0.05, 0.1) is 11.4 Å². The largest absolute Gasteiger partial charge is 0.381 e. The Kier molecular flexibility index (Phi) is 4.72. The van der Waals surface area contributed by atoms with Gasteiger partial charge in [-0.15, -0.1) is 0 Å². The normalized spacial score (nSPS) is 30.2. The zero-order chi connectivity index (χ0) is 14.7. The topological polar surface area (TPSA) is 15.3 Å². The molecule has 1 saturated carbocycles. The van der Waals surface area contributed by atoms with Crippen molar-refractivity contribution in [2.45, 2.75) is 58.4 Å². The van der Waals surface area contributed by atoms with E-state index in [-0.39, 0.29) is 0 Å². The molecule has 1 aliphatic heterocycles. The fourth-order valence-electron chi connectivity index (χ4n) is 4.29. The molecule has 1 saturated heterocycles. The van der Waals surface area contributed by atoms with Crippen LogP contribution in [0.4, 0.5) is 11.4 Å². The quantitative estimate of drug-likeness (QED) is 0.849. The van der Waals surface area contributed by atoms with Crippen molar-refractivity contribution in [3.8, 4) is 0 Å². The Bertz CT molecular complexity index is 441. The van der Waals surface area contributed by atoms with E-state index in [0.717, 1.165) is 11.8 Å². The number of piperidine rings is 1. The standard InChI is InChI=1S/C19H30N2/c1-15-12-16(2)14-17(13-15)20-18-8-4-5-9-19(18)21-10-6-3-7-11-21/h4-5,8-9,15-17,20H,3,6-7,10-14H2,1-2H3. The summed E-state index contributed by atoms with van der Waals surface area (Å²) in [6.07, 6.45) is 8.10. The van der Waals surface area contributed by atoms with Crippen molar-refractivity contribution in [3.63, 3.8) is 0 Å². The van der Waals surface area contributed by atoms with Gasteiger partial charge in [0, 0.05) is 19.1 Å². The van der Waals surface area contributed by atoms with Gasteiger partial charge in [0.15, 0.2) is 0 Å². The van der Waals surface area contributed by atoms with Crippen molar-refractivity contribution in [2.75, 3.05) is 23.3 Å². The van der Waals surface area contributed by atoms with Crippen molar-refractivity contribution in [1.82, 2.24) is 0 Å². The van der Waals surface area contributed by atoms with Gasteiger partial charge in [-0.25, -0.2) is 0 Å². The predicted octanol–water partition coefficient (Wildman–Crippen LogP) is 4.91. The Morgan fingerprint density at radius 2 is 1.57 bits per heavy atom. The third-order valence-electron chi connectivity index (χ3n) is 5.14. The van der Waals surface area contributed by atoms with Gasteiger partial charge in [0.1, 0.15) is 0 Å². The molecule has 2 nitrogen and oxygen atoms in total. The smallest absolute Gasteiger partial charge is 0.0602 e. The summed E-state index contributed by atoms with van der Waals surface area (Å²) in [5, 5.41) is 3.87. The summed E-state index contributed by atoms with van der Waals surface area (Å²) in [6, 6.07) is 9.57. The second kappa shape index (κ2) is 6.72. The molecule has 0 aromatic heterocycles. The third-order valence-corrected chi connectivity index (χ3v) is 5.14. The first-order chi connectivity index (χ1) is 10.2. The minimum atomic E-state index is 0.648. The number of hydrogen-bond donors (Lipinski definition) is 1. The molecule has 21 heavy (non-hydrogen) atoms. The Morgan fingerprint density at radius 3 is 2.29 bits per heavy atom. The lowest BCUT2D eigenvalue weighted by Crippen LogP contribution is -2.33. The highest BCUT2D eigenvalue weighted by Gasteiger charge is 2.24. The molecule has 3 rings (SSSR count). The lowest BCUT2D eigenvalue weighted by Gasteiger charge is -2.35. The van der Waals surface area contributed by atoms with E-state index in [0.29, 0.717) is 6.04 Å².